The number of rotatable bonds is 5. The molecule has 3 rings (SSSR count). The molecule has 1 aromatic carbocycles. The summed E-state index contributed by atoms with van der Waals surface area (Å²) in [7, 11) is 0. The molecule has 0 spiro atoms. The zero-order valence-corrected chi connectivity index (χ0v) is 13.8. The highest BCUT2D eigenvalue weighted by molar-refractivity contribution is 6.09. The molecule has 2 aromatic rings. The Morgan fingerprint density at radius 1 is 1.39 bits per heavy atom. The monoisotopic (exact) mass is 312 g/mol. The Kier molecular flexibility index (Phi) is 4.91. The summed E-state index contributed by atoms with van der Waals surface area (Å²) in [6, 6.07) is 7.64. The van der Waals surface area contributed by atoms with E-state index in [4.69, 9.17) is 4.74 Å². The molecule has 0 amide bonds. The Hall–Kier alpha value is -1.94. The van der Waals surface area contributed by atoms with Gasteiger partial charge in [-0.1, -0.05) is 19.9 Å². The maximum Gasteiger partial charge on any atom is 0.167 e. The molecule has 4 heteroatoms. The molecule has 23 heavy (non-hydrogen) atoms. The topological polar surface area (TPSA) is 51.2 Å². The number of nitrogens with zero attached hydrogens (tertiary/aromatic N) is 1. The Labute approximate surface area is 137 Å². The number of piperidine rings is 1. The normalized spacial score (nSPS) is 18.3. The lowest BCUT2D eigenvalue weighted by atomic mass is 9.89. The van der Waals surface area contributed by atoms with E-state index in [0.717, 1.165) is 48.1 Å². The summed E-state index contributed by atoms with van der Waals surface area (Å²) in [5.74, 6) is 1.48. The number of aromatic nitrogens is 1. The van der Waals surface area contributed by atoms with Crippen molar-refractivity contribution in [3.05, 3.63) is 36.0 Å². The molecule has 1 unspecified atom stereocenters. The van der Waals surface area contributed by atoms with Crippen LogP contribution in [0, 0.1) is 11.8 Å². The Morgan fingerprint density at radius 3 is 3.00 bits per heavy atom. The third kappa shape index (κ3) is 3.53. The van der Waals surface area contributed by atoms with Crippen LogP contribution in [0.15, 0.2) is 30.5 Å². The van der Waals surface area contributed by atoms with Crippen LogP contribution in [0.1, 0.15) is 37.0 Å². The first kappa shape index (κ1) is 15.9. The van der Waals surface area contributed by atoms with Crippen LogP contribution >= 0.6 is 0 Å². The van der Waals surface area contributed by atoms with E-state index in [1.165, 1.54) is 0 Å². The van der Waals surface area contributed by atoms with Gasteiger partial charge in [0.05, 0.1) is 6.61 Å². The SMILES string of the molecule is CC(C)COc1ccc(C(=O)C2CCCNC2)c2cccnc12. The van der Waals surface area contributed by atoms with Gasteiger partial charge in [0, 0.05) is 29.6 Å². The van der Waals surface area contributed by atoms with Crippen LogP contribution in [-0.2, 0) is 0 Å². The van der Waals surface area contributed by atoms with E-state index in [-0.39, 0.29) is 11.7 Å². The maximum absolute atomic E-state index is 12.9. The van der Waals surface area contributed by atoms with Gasteiger partial charge in [-0.3, -0.25) is 9.78 Å². The molecule has 1 fully saturated rings. The van der Waals surface area contributed by atoms with E-state index < -0.39 is 0 Å². The van der Waals surface area contributed by atoms with Crippen molar-refractivity contribution in [3.63, 3.8) is 0 Å². The van der Waals surface area contributed by atoms with Crippen molar-refractivity contribution in [2.24, 2.45) is 11.8 Å². The molecule has 1 aliphatic rings. The zero-order chi connectivity index (χ0) is 16.2. The van der Waals surface area contributed by atoms with Crippen LogP contribution in [0.3, 0.4) is 0 Å². The van der Waals surface area contributed by atoms with Crippen molar-refractivity contribution in [3.8, 4) is 5.75 Å². The number of hydrogen-bond acceptors (Lipinski definition) is 4. The second-order valence-corrected chi connectivity index (χ2v) is 6.62. The Balaban J connectivity index is 1.95. The van der Waals surface area contributed by atoms with Gasteiger partial charge in [0.1, 0.15) is 11.3 Å². The van der Waals surface area contributed by atoms with Crippen LogP contribution in [-0.4, -0.2) is 30.5 Å². The van der Waals surface area contributed by atoms with E-state index >= 15 is 0 Å². The van der Waals surface area contributed by atoms with Crippen LogP contribution < -0.4 is 10.1 Å². The van der Waals surface area contributed by atoms with Crippen LogP contribution in [0.4, 0.5) is 0 Å². The lowest BCUT2D eigenvalue weighted by Gasteiger charge is -2.22. The second kappa shape index (κ2) is 7.09. The van der Waals surface area contributed by atoms with E-state index in [9.17, 15) is 4.79 Å². The van der Waals surface area contributed by atoms with Crippen LogP contribution in [0.2, 0.25) is 0 Å². The molecule has 1 saturated heterocycles. The van der Waals surface area contributed by atoms with E-state index in [0.29, 0.717) is 12.5 Å². The number of carbonyl (C=O) groups is 1. The quantitative estimate of drug-likeness (QED) is 0.859. The maximum atomic E-state index is 12.9. The van der Waals surface area contributed by atoms with E-state index in [1.807, 2.05) is 24.3 Å². The summed E-state index contributed by atoms with van der Waals surface area (Å²) in [5, 5.41) is 4.21. The van der Waals surface area contributed by atoms with Crippen molar-refractivity contribution < 1.29 is 9.53 Å². The summed E-state index contributed by atoms with van der Waals surface area (Å²) in [6.07, 6.45) is 3.77. The number of ketones is 1. The first-order valence-electron chi connectivity index (χ1n) is 8.42. The molecule has 0 saturated carbocycles. The summed E-state index contributed by atoms with van der Waals surface area (Å²) in [5.41, 5.74) is 1.54. The van der Waals surface area contributed by atoms with Crippen molar-refractivity contribution in [2.75, 3.05) is 19.7 Å². The van der Waals surface area contributed by atoms with Crippen molar-refractivity contribution >= 4 is 16.7 Å². The van der Waals surface area contributed by atoms with Gasteiger partial charge in [0.2, 0.25) is 0 Å². The van der Waals surface area contributed by atoms with E-state index in [1.54, 1.807) is 6.20 Å². The molecular weight excluding hydrogens is 288 g/mol. The number of Topliss-reactive ketones (excluding diaryl/α,β-unsaturated/α-hetero) is 1. The van der Waals surface area contributed by atoms with Gasteiger partial charge in [-0.15, -0.1) is 0 Å². The number of pyridine rings is 1. The van der Waals surface area contributed by atoms with E-state index in [2.05, 4.69) is 24.1 Å². The van der Waals surface area contributed by atoms with Crippen molar-refractivity contribution in [1.82, 2.24) is 10.3 Å². The van der Waals surface area contributed by atoms with Gasteiger partial charge in [-0.2, -0.15) is 0 Å². The molecule has 1 N–H and O–H groups in total. The first-order chi connectivity index (χ1) is 11.2. The molecule has 2 heterocycles. The molecule has 0 bridgehead atoms. The van der Waals surface area contributed by atoms with Crippen LogP contribution in [0.25, 0.3) is 10.9 Å². The van der Waals surface area contributed by atoms with Crippen molar-refractivity contribution in [2.45, 2.75) is 26.7 Å². The molecule has 0 aliphatic carbocycles. The molecule has 1 atom stereocenters. The minimum absolute atomic E-state index is 0.0644. The largest absolute Gasteiger partial charge is 0.491 e. The number of benzene rings is 1. The lowest BCUT2D eigenvalue weighted by Crippen LogP contribution is -2.34. The summed E-state index contributed by atoms with van der Waals surface area (Å²) < 4.78 is 5.87. The highest BCUT2D eigenvalue weighted by atomic mass is 16.5. The molecule has 1 aromatic heterocycles. The average Bonchev–Trinajstić information content (AvgIpc) is 2.59. The van der Waals surface area contributed by atoms with Gasteiger partial charge in [-0.05, 0) is 43.5 Å². The summed E-state index contributed by atoms with van der Waals surface area (Å²) in [6.45, 7) is 6.65. The van der Waals surface area contributed by atoms with Gasteiger partial charge in [0.15, 0.2) is 5.78 Å². The Bertz CT molecular complexity index is 691. The standard InChI is InChI=1S/C19H24N2O2/c1-13(2)12-23-17-8-7-16(15-6-4-10-21-18(15)17)19(22)14-5-3-9-20-11-14/h4,6-8,10,13-14,20H,3,5,9,11-12H2,1-2H3. The van der Waals surface area contributed by atoms with Crippen molar-refractivity contribution in [1.29, 1.82) is 0 Å². The number of fused-ring (bicyclic) bond motifs is 1. The zero-order valence-electron chi connectivity index (χ0n) is 13.8. The smallest absolute Gasteiger partial charge is 0.167 e. The fourth-order valence-electron chi connectivity index (χ4n) is 3.03. The van der Waals surface area contributed by atoms with Gasteiger partial charge in [-0.25, -0.2) is 0 Å². The predicted molar refractivity (Wildman–Crippen MR) is 92.0 cm³/mol. The number of ether oxygens (including phenoxy) is 1. The third-order valence-electron chi connectivity index (χ3n) is 4.24. The molecule has 122 valence electrons. The summed E-state index contributed by atoms with van der Waals surface area (Å²) in [4.78, 5) is 17.3. The fourth-order valence-corrected chi connectivity index (χ4v) is 3.03. The molecular formula is C19H24N2O2. The minimum Gasteiger partial charge on any atom is -0.491 e. The predicted octanol–water partition coefficient (Wildman–Crippen LogP) is 3.45. The van der Waals surface area contributed by atoms with Crippen LogP contribution in [0.5, 0.6) is 5.75 Å². The number of hydrogen-bond donors (Lipinski definition) is 1. The highest BCUT2D eigenvalue weighted by Gasteiger charge is 2.24. The first-order valence-corrected chi connectivity index (χ1v) is 8.42. The Morgan fingerprint density at radius 2 is 2.26 bits per heavy atom. The number of carbonyl (C=O) groups excluding carboxylic acids is 1. The lowest BCUT2D eigenvalue weighted by molar-refractivity contribution is 0.0901. The molecule has 1 aliphatic heterocycles. The fraction of sp³-hybridized carbons (Fsp3) is 0.474. The summed E-state index contributed by atoms with van der Waals surface area (Å²) >= 11 is 0. The molecule has 4 nitrogen and oxygen atoms in total. The highest BCUT2D eigenvalue weighted by Crippen LogP contribution is 2.29. The van der Waals surface area contributed by atoms with Gasteiger partial charge in [0.25, 0.3) is 0 Å². The van der Waals surface area contributed by atoms with Gasteiger partial charge >= 0.3 is 0 Å². The molecule has 0 radical (unpaired) electrons. The second-order valence-electron chi connectivity index (χ2n) is 6.62. The number of nitrogens with one attached hydrogen (secondary N) is 1. The average molecular weight is 312 g/mol. The minimum atomic E-state index is 0.0644. The third-order valence-corrected chi connectivity index (χ3v) is 4.24. The van der Waals surface area contributed by atoms with Gasteiger partial charge < -0.3 is 10.1 Å².